The van der Waals surface area contributed by atoms with Gasteiger partial charge in [-0.1, -0.05) is 33.8 Å². The van der Waals surface area contributed by atoms with Crippen LogP contribution in [0.2, 0.25) is 0 Å². The van der Waals surface area contributed by atoms with Crippen molar-refractivity contribution in [2.24, 2.45) is 34.8 Å². The van der Waals surface area contributed by atoms with Crippen molar-refractivity contribution in [2.45, 2.75) is 53.0 Å². The maximum absolute atomic E-state index is 13.0. The highest BCUT2D eigenvalue weighted by Crippen LogP contribution is 2.61. The minimum absolute atomic E-state index is 0.131. The lowest BCUT2D eigenvalue weighted by atomic mass is 9.45. The standard InChI is InChI=1S/C24H33N5O3/c1-13(2)20(21(25)30)28-22(31)17-12-29-18(6-5-7-19(29)27-17)23(32)26-11-14-8-9-15-10-16(14)24(15,3)4/h5-7,12-16,20H,8-11H2,1-4H3,(H2,25,30)(H,26,32)(H,28,31)/t14-,15-,16-,20-/m0/s1. The van der Waals surface area contributed by atoms with E-state index in [4.69, 9.17) is 5.73 Å². The molecule has 32 heavy (non-hydrogen) atoms. The van der Waals surface area contributed by atoms with Crippen molar-refractivity contribution in [3.05, 3.63) is 35.8 Å². The molecule has 3 aliphatic rings. The van der Waals surface area contributed by atoms with E-state index in [0.717, 1.165) is 12.3 Å². The van der Waals surface area contributed by atoms with Gasteiger partial charge in [0.05, 0.1) is 0 Å². The topological polar surface area (TPSA) is 119 Å². The van der Waals surface area contributed by atoms with Gasteiger partial charge >= 0.3 is 0 Å². The van der Waals surface area contributed by atoms with Gasteiger partial charge in [0.25, 0.3) is 11.8 Å². The van der Waals surface area contributed by atoms with Crippen LogP contribution in [0.3, 0.4) is 0 Å². The van der Waals surface area contributed by atoms with E-state index in [9.17, 15) is 14.4 Å². The Morgan fingerprint density at radius 3 is 2.59 bits per heavy atom. The second kappa shape index (κ2) is 8.22. The summed E-state index contributed by atoms with van der Waals surface area (Å²) in [5.74, 6) is 0.571. The van der Waals surface area contributed by atoms with E-state index in [1.165, 1.54) is 19.0 Å². The number of nitrogens with one attached hydrogen (secondary N) is 2. The molecule has 0 radical (unpaired) electrons. The summed E-state index contributed by atoms with van der Waals surface area (Å²) < 4.78 is 1.61. The van der Waals surface area contributed by atoms with Crippen LogP contribution < -0.4 is 16.4 Å². The van der Waals surface area contributed by atoms with Crippen molar-refractivity contribution in [1.29, 1.82) is 0 Å². The molecule has 0 spiro atoms. The molecule has 3 amide bonds. The Hall–Kier alpha value is -2.90. The van der Waals surface area contributed by atoms with E-state index in [0.29, 0.717) is 35.1 Å². The lowest BCUT2D eigenvalue weighted by Crippen LogP contribution is -2.54. The van der Waals surface area contributed by atoms with Gasteiger partial charge in [-0.05, 0) is 60.5 Å². The predicted octanol–water partition coefficient (Wildman–Crippen LogP) is 2.38. The summed E-state index contributed by atoms with van der Waals surface area (Å²) in [7, 11) is 0. The fourth-order valence-corrected chi connectivity index (χ4v) is 5.61. The summed E-state index contributed by atoms with van der Waals surface area (Å²) in [6.45, 7) is 8.96. The normalized spacial score (nSPS) is 24.6. The fraction of sp³-hybridized carbons (Fsp3) is 0.583. The van der Waals surface area contributed by atoms with E-state index in [-0.39, 0.29) is 17.5 Å². The Morgan fingerprint density at radius 2 is 1.97 bits per heavy atom. The van der Waals surface area contributed by atoms with Gasteiger partial charge in [0, 0.05) is 12.7 Å². The van der Waals surface area contributed by atoms with Crippen molar-refractivity contribution in [2.75, 3.05) is 6.54 Å². The first kappa shape index (κ1) is 22.3. The van der Waals surface area contributed by atoms with E-state index >= 15 is 0 Å². The van der Waals surface area contributed by atoms with Crippen LogP contribution in [0.1, 0.15) is 67.9 Å². The van der Waals surface area contributed by atoms with Crippen molar-refractivity contribution in [1.82, 2.24) is 20.0 Å². The molecule has 172 valence electrons. The molecule has 8 nitrogen and oxygen atoms in total. The summed E-state index contributed by atoms with van der Waals surface area (Å²) in [4.78, 5) is 41.6. The molecule has 2 aromatic heterocycles. The van der Waals surface area contributed by atoms with Crippen LogP contribution >= 0.6 is 0 Å². The molecular formula is C24H33N5O3. The molecule has 5 rings (SSSR count). The summed E-state index contributed by atoms with van der Waals surface area (Å²) in [5, 5.41) is 5.74. The van der Waals surface area contributed by atoms with Gasteiger partial charge in [0.15, 0.2) is 0 Å². The first-order chi connectivity index (χ1) is 15.1. The molecule has 0 unspecified atom stereocenters. The number of hydrogen-bond acceptors (Lipinski definition) is 4. The average Bonchev–Trinajstić information content (AvgIpc) is 3.19. The molecule has 8 heteroatoms. The third-order valence-electron chi connectivity index (χ3n) is 7.74. The molecule has 0 saturated heterocycles. The largest absolute Gasteiger partial charge is 0.368 e. The Kier molecular flexibility index (Phi) is 5.73. The van der Waals surface area contributed by atoms with Crippen LogP contribution in [0.25, 0.3) is 5.65 Å². The number of aromatic nitrogens is 2. The van der Waals surface area contributed by atoms with Crippen LogP contribution in [-0.4, -0.2) is 39.7 Å². The van der Waals surface area contributed by atoms with Crippen LogP contribution in [0, 0.1) is 29.1 Å². The molecule has 4 N–H and O–H groups in total. The SMILES string of the molecule is CC(C)[C@H](NC(=O)c1cn2c(C(=O)NC[C@@H]3CC[C@H]4C[C@@H]3C4(C)C)cccc2n1)C(N)=O. The monoisotopic (exact) mass is 439 g/mol. The van der Waals surface area contributed by atoms with Gasteiger partial charge in [-0.3, -0.25) is 18.8 Å². The number of nitrogens with zero attached hydrogens (tertiary/aromatic N) is 2. The highest BCUT2D eigenvalue weighted by atomic mass is 16.2. The van der Waals surface area contributed by atoms with Gasteiger partial charge in [-0.15, -0.1) is 0 Å². The number of primary amides is 1. The zero-order valence-electron chi connectivity index (χ0n) is 19.2. The average molecular weight is 440 g/mol. The number of nitrogens with two attached hydrogens (primary N) is 1. The Morgan fingerprint density at radius 1 is 1.22 bits per heavy atom. The zero-order valence-corrected chi connectivity index (χ0v) is 19.2. The molecule has 3 saturated carbocycles. The number of fused-ring (bicyclic) bond motifs is 3. The van der Waals surface area contributed by atoms with Crippen LogP contribution in [0.15, 0.2) is 24.4 Å². The second-order valence-corrected chi connectivity index (χ2v) is 10.3. The van der Waals surface area contributed by atoms with E-state index in [1.54, 1.807) is 36.4 Å². The number of amides is 3. The second-order valence-electron chi connectivity index (χ2n) is 10.3. The number of pyridine rings is 1. The molecule has 2 bridgehead atoms. The highest BCUT2D eigenvalue weighted by Gasteiger charge is 2.53. The van der Waals surface area contributed by atoms with Crippen molar-refractivity contribution in [3.63, 3.8) is 0 Å². The smallest absolute Gasteiger partial charge is 0.272 e. The number of hydrogen-bond donors (Lipinski definition) is 3. The Labute approximate surface area is 188 Å². The summed E-state index contributed by atoms with van der Waals surface area (Å²) in [6, 6.07) is 4.41. The molecule has 2 aromatic rings. The number of carbonyl (C=O) groups excluding carboxylic acids is 3. The molecule has 0 aromatic carbocycles. The van der Waals surface area contributed by atoms with Crippen LogP contribution in [0.4, 0.5) is 0 Å². The van der Waals surface area contributed by atoms with Crippen LogP contribution in [-0.2, 0) is 4.79 Å². The molecule has 3 fully saturated rings. The fourth-order valence-electron chi connectivity index (χ4n) is 5.61. The first-order valence-electron chi connectivity index (χ1n) is 11.5. The molecule has 2 heterocycles. The lowest BCUT2D eigenvalue weighted by Gasteiger charge is -2.60. The lowest BCUT2D eigenvalue weighted by molar-refractivity contribution is -0.120. The van der Waals surface area contributed by atoms with Crippen LogP contribution in [0.5, 0.6) is 0 Å². The van der Waals surface area contributed by atoms with Crippen molar-refractivity contribution in [3.8, 4) is 0 Å². The number of rotatable bonds is 7. The number of carbonyl (C=O) groups is 3. The quantitative estimate of drug-likeness (QED) is 0.614. The molecular weight excluding hydrogens is 406 g/mol. The van der Waals surface area contributed by atoms with E-state index < -0.39 is 17.9 Å². The molecule has 3 aliphatic carbocycles. The Balaban J connectivity index is 1.47. The van der Waals surface area contributed by atoms with E-state index in [2.05, 4.69) is 29.5 Å². The third-order valence-corrected chi connectivity index (χ3v) is 7.74. The summed E-state index contributed by atoms with van der Waals surface area (Å²) >= 11 is 0. The van der Waals surface area contributed by atoms with Crippen molar-refractivity contribution >= 4 is 23.4 Å². The van der Waals surface area contributed by atoms with Gasteiger partial charge in [-0.2, -0.15) is 0 Å². The van der Waals surface area contributed by atoms with Gasteiger partial charge in [-0.25, -0.2) is 4.98 Å². The first-order valence-corrected chi connectivity index (χ1v) is 11.5. The maximum Gasteiger partial charge on any atom is 0.272 e. The van der Waals surface area contributed by atoms with Gasteiger partial charge in [0.2, 0.25) is 5.91 Å². The van der Waals surface area contributed by atoms with Gasteiger partial charge < -0.3 is 16.4 Å². The number of imidazole rings is 1. The highest BCUT2D eigenvalue weighted by molar-refractivity contribution is 5.97. The minimum atomic E-state index is -0.791. The maximum atomic E-state index is 13.0. The zero-order chi connectivity index (χ0) is 23.2. The molecule has 0 aliphatic heterocycles. The van der Waals surface area contributed by atoms with E-state index in [1.807, 2.05) is 0 Å². The predicted molar refractivity (Wildman–Crippen MR) is 121 cm³/mol. The third kappa shape index (κ3) is 3.87. The summed E-state index contributed by atoms with van der Waals surface area (Å²) in [6.07, 6.45) is 5.20. The van der Waals surface area contributed by atoms with Gasteiger partial charge in [0.1, 0.15) is 23.1 Å². The molecule has 4 atom stereocenters. The van der Waals surface area contributed by atoms with Crippen molar-refractivity contribution < 1.29 is 14.4 Å². The Bertz CT molecular complexity index is 1060. The summed E-state index contributed by atoms with van der Waals surface area (Å²) in [5.41, 5.74) is 6.81. The minimum Gasteiger partial charge on any atom is -0.368 e.